The highest BCUT2D eigenvalue weighted by molar-refractivity contribution is 5.74. The highest BCUT2D eigenvalue weighted by Gasteiger charge is 2.34. The lowest BCUT2D eigenvalue weighted by molar-refractivity contribution is -0.137. The Morgan fingerprint density at radius 2 is 1.39 bits per heavy atom. The molecule has 0 saturated heterocycles. The SMILES string of the molecule is CCCCCCCCCCOc1ccc(/N=N/c2c(CC)cc(-c3ccc(OC)cc3C(F)(F)F)cc2CC)cc1C(C)C. The number of unbranched alkanes of at least 4 members (excludes halogenated alkanes) is 7. The number of aryl methyl sites for hydroxylation is 2. The number of methoxy groups -OCH3 is 1. The second kappa shape index (κ2) is 17.2. The summed E-state index contributed by atoms with van der Waals surface area (Å²) in [6, 6.07) is 13.6. The Bertz CT molecular complexity index is 1340. The Hall–Kier alpha value is -3.35. The number of nitrogens with zero attached hydrogens (tertiary/aromatic N) is 2. The maximum absolute atomic E-state index is 14.0. The zero-order valence-corrected chi connectivity index (χ0v) is 27.3. The lowest BCUT2D eigenvalue weighted by Crippen LogP contribution is -2.08. The van der Waals surface area contributed by atoms with Gasteiger partial charge in [0.25, 0.3) is 0 Å². The Kier molecular flexibility index (Phi) is 13.7. The van der Waals surface area contributed by atoms with Crippen LogP contribution in [0, 0.1) is 0 Å². The Balaban J connectivity index is 1.80. The van der Waals surface area contributed by atoms with Crippen molar-refractivity contribution in [3.63, 3.8) is 0 Å². The summed E-state index contributed by atoms with van der Waals surface area (Å²) in [6.45, 7) is 11.2. The van der Waals surface area contributed by atoms with Gasteiger partial charge in [-0.2, -0.15) is 18.3 Å². The van der Waals surface area contributed by atoms with Crippen molar-refractivity contribution in [3.8, 4) is 22.6 Å². The van der Waals surface area contributed by atoms with E-state index < -0.39 is 11.7 Å². The van der Waals surface area contributed by atoms with E-state index in [0.29, 0.717) is 30.7 Å². The Morgan fingerprint density at radius 1 is 0.750 bits per heavy atom. The molecule has 0 unspecified atom stereocenters. The van der Waals surface area contributed by atoms with Crippen LogP contribution < -0.4 is 9.47 Å². The highest BCUT2D eigenvalue weighted by atomic mass is 19.4. The summed E-state index contributed by atoms with van der Waals surface area (Å²) >= 11 is 0. The topological polar surface area (TPSA) is 43.2 Å². The second-order valence-corrected chi connectivity index (χ2v) is 11.7. The predicted octanol–water partition coefficient (Wildman–Crippen LogP) is 12.6. The zero-order valence-electron chi connectivity index (χ0n) is 27.3. The number of hydrogen-bond donors (Lipinski definition) is 0. The van der Waals surface area contributed by atoms with Gasteiger partial charge in [0, 0.05) is 0 Å². The number of hydrogen-bond acceptors (Lipinski definition) is 4. The summed E-state index contributed by atoms with van der Waals surface area (Å²) in [5, 5.41) is 9.23. The number of ether oxygens (including phenoxy) is 2. The minimum atomic E-state index is -4.51. The fourth-order valence-electron chi connectivity index (χ4n) is 5.43. The van der Waals surface area contributed by atoms with Crippen LogP contribution in [0.5, 0.6) is 11.5 Å². The molecule has 0 aliphatic heterocycles. The molecule has 0 atom stereocenters. The monoisotopic (exact) mass is 610 g/mol. The van der Waals surface area contributed by atoms with E-state index in [9.17, 15) is 13.2 Å². The number of rotatable bonds is 17. The lowest BCUT2D eigenvalue weighted by atomic mass is 9.92. The van der Waals surface area contributed by atoms with E-state index in [1.54, 1.807) is 18.2 Å². The van der Waals surface area contributed by atoms with E-state index in [2.05, 4.69) is 31.0 Å². The molecule has 240 valence electrons. The van der Waals surface area contributed by atoms with Gasteiger partial charge >= 0.3 is 6.18 Å². The molecule has 0 radical (unpaired) electrons. The van der Waals surface area contributed by atoms with Gasteiger partial charge in [-0.25, -0.2) is 0 Å². The average molecular weight is 611 g/mol. The minimum absolute atomic E-state index is 0.121. The number of halogens is 3. The number of azo groups is 1. The van der Waals surface area contributed by atoms with Gasteiger partial charge in [-0.15, -0.1) is 5.11 Å². The van der Waals surface area contributed by atoms with Crippen LogP contribution in [0.4, 0.5) is 24.5 Å². The molecule has 0 aliphatic rings. The fourth-order valence-corrected chi connectivity index (χ4v) is 5.43. The lowest BCUT2D eigenvalue weighted by Gasteiger charge is -2.17. The molecule has 3 aromatic carbocycles. The maximum Gasteiger partial charge on any atom is 0.417 e. The van der Waals surface area contributed by atoms with Crippen LogP contribution in [0.15, 0.2) is 58.8 Å². The van der Waals surface area contributed by atoms with E-state index in [4.69, 9.17) is 9.47 Å². The molecular formula is C37H49F3N2O2. The van der Waals surface area contributed by atoms with Gasteiger partial charge in [-0.1, -0.05) is 85.6 Å². The zero-order chi connectivity index (χ0) is 32.1. The van der Waals surface area contributed by atoms with E-state index >= 15 is 0 Å². The van der Waals surface area contributed by atoms with Gasteiger partial charge in [-0.05, 0) is 95.5 Å². The third-order valence-electron chi connectivity index (χ3n) is 8.01. The molecule has 3 aromatic rings. The van der Waals surface area contributed by atoms with Gasteiger partial charge in [0.15, 0.2) is 0 Å². The number of benzene rings is 3. The highest BCUT2D eigenvalue weighted by Crippen LogP contribution is 2.42. The summed E-state index contributed by atoms with van der Waals surface area (Å²) in [7, 11) is 1.36. The molecule has 0 aromatic heterocycles. The largest absolute Gasteiger partial charge is 0.497 e. The van der Waals surface area contributed by atoms with Crippen molar-refractivity contribution in [1.29, 1.82) is 0 Å². The summed E-state index contributed by atoms with van der Waals surface area (Å²) in [5.41, 5.74) is 4.12. The first-order chi connectivity index (χ1) is 21.1. The van der Waals surface area contributed by atoms with E-state index in [0.717, 1.165) is 40.6 Å². The van der Waals surface area contributed by atoms with Crippen LogP contribution in [0.2, 0.25) is 0 Å². The first-order valence-corrected chi connectivity index (χ1v) is 16.2. The van der Waals surface area contributed by atoms with Crippen LogP contribution >= 0.6 is 0 Å². The predicted molar refractivity (Wildman–Crippen MR) is 175 cm³/mol. The van der Waals surface area contributed by atoms with Gasteiger partial charge in [0.2, 0.25) is 0 Å². The fraction of sp³-hybridized carbons (Fsp3) is 0.514. The first-order valence-electron chi connectivity index (χ1n) is 16.2. The molecule has 0 heterocycles. The van der Waals surface area contributed by atoms with Gasteiger partial charge in [0.05, 0.1) is 30.7 Å². The molecule has 0 N–H and O–H groups in total. The van der Waals surface area contributed by atoms with Crippen LogP contribution in [-0.4, -0.2) is 13.7 Å². The summed E-state index contributed by atoms with van der Waals surface area (Å²) in [4.78, 5) is 0. The molecule has 0 amide bonds. The van der Waals surface area contributed by atoms with Crippen LogP contribution in [-0.2, 0) is 19.0 Å². The molecule has 0 spiro atoms. The van der Waals surface area contributed by atoms with Crippen LogP contribution in [0.25, 0.3) is 11.1 Å². The quantitative estimate of drug-likeness (QED) is 0.113. The molecule has 0 aliphatic carbocycles. The maximum atomic E-state index is 14.0. The summed E-state index contributed by atoms with van der Waals surface area (Å²) in [5.74, 6) is 1.31. The molecule has 44 heavy (non-hydrogen) atoms. The van der Waals surface area contributed by atoms with E-state index in [1.165, 1.54) is 58.1 Å². The normalized spacial score (nSPS) is 12.0. The molecule has 7 heteroatoms. The van der Waals surface area contributed by atoms with Gasteiger partial charge in [0.1, 0.15) is 11.5 Å². The van der Waals surface area contributed by atoms with Crippen molar-refractivity contribution >= 4 is 11.4 Å². The van der Waals surface area contributed by atoms with Crippen LogP contribution in [0.3, 0.4) is 0 Å². The van der Waals surface area contributed by atoms with Crippen molar-refractivity contribution in [3.05, 3.63) is 70.8 Å². The molecular weight excluding hydrogens is 561 g/mol. The molecule has 3 rings (SSSR count). The van der Waals surface area contributed by atoms with Crippen molar-refractivity contribution in [2.75, 3.05) is 13.7 Å². The van der Waals surface area contributed by atoms with Gasteiger partial charge in [-0.3, -0.25) is 0 Å². The van der Waals surface area contributed by atoms with E-state index in [-0.39, 0.29) is 17.2 Å². The van der Waals surface area contributed by atoms with Crippen molar-refractivity contribution in [1.82, 2.24) is 0 Å². The smallest absolute Gasteiger partial charge is 0.417 e. The second-order valence-electron chi connectivity index (χ2n) is 11.7. The third-order valence-corrected chi connectivity index (χ3v) is 8.01. The molecule has 0 fully saturated rings. The standard InChI is InChI=1S/C37H49F3N2O2/c1-7-10-11-12-13-14-15-16-21-44-35-20-17-30(24-33(35)26(4)5)41-42-36-27(8-2)22-29(23-28(36)9-3)32-19-18-31(43-6)25-34(32)37(38,39)40/h17-20,22-26H,7-16,21H2,1-6H3/b42-41+. The minimum Gasteiger partial charge on any atom is -0.497 e. The first kappa shape index (κ1) is 35.1. The summed E-state index contributed by atoms with van der Waals surface area (Å²) in [6.07, 6.45) is 6.76. The molecule has 4 nitrogen and oxygen atoms in total. The van der Waals surface area contributed by atoms with Crippen molar-refractivity contribution in [2.24, 2.45) is 10.2 Å². The third kappa shape index (κ3) is 9.83. The van der Waals surface area contributed by atoms with Gasteiger partial charge < -0.3 is 9.47 Å². The molecule has 0 bridgehead atoms. The molecule has 0 saturated carbocycles. The Labute approximate surface area is 262 Å². The van der Waals surface area contributed by atoms with Crippen molar-refractivity contribution < 1.29 is 22.6 Å². The van der Waals surface area contributed by atoms with Crippen molar-refractivity contribution in [2.45, 2.75) is 111 Å². The van der Waals surface area contributed by atoms with Crippen LogP contribution in [0.1, 0.15) is 114 Å². The average Bonchev–Trinajstić information content (AvgIpc) is 3.02. The van der Waals surface area contributed by atoms with E-state index in [1.807, 2.05) is 32.0 Å². The number of alkyl halides is 3. The Morgan fingerprint density at radius 3 is 1.95 bits per heavy atom. The summed E-state index contributed by atoms with van der Waals surface area (Å²) < 4.78 is 53.2.